The van der Waals surface area contributed by atoms with E-state index in [4.69, 9.17) is 4.74 Å². The first-order valence-corrected chi connectivity index (χ1v) is 8.58. The van der Waals surface area contributed by atoms with E-state index in [9.17, 15) is 4.79 Å². The molecule has 6 nitrogen and oxygen atoms in total. The number of aryl methyl sites for hydroxylation is 1. The summed E-state index contributed by atoms with van der Waals surface area (Å²) in [5.74, 6) is 0.765. The van der Waals surface area contributed by atoms with Gasteiger partial charge in [-0.3, -0.25) is 4.79 Å². The lowest BCUT2D eigenvalue weighted by Gasteiger charge is -2.36. The van der Waals surface area contributed by atoms with Crippen LogP contribution >= 0.6 is 0 Å². The molecular formula is C19H24N4O2. The number of pyridine rings is 2. The molecule has 0 spiro atoms. The molecule has 1 N–H and O–H groups in total. The largest absolute Gasteiger partial charge is 0.372 e. The second-order valence-electron chi connectivity index (χ2n) is 6.53. The maximum absolute atomic E-state index is 12.1. The van der Waals surface area contributed by atoms with Crippen molar-refractivity contribution in [3.05, 3.63) is 53.5 Å². The summed E-state index contributed by atoms with van der Waals surface area (Å²) in [4.78, 5) is 23.1. The van der Waals surface area contributed by atoms with Crippen LogP contribution in [0.1, 0.15) is 35.6 Å². The van der Waals surface area contributed by atoms with Gasteiger partial charge in [0.05, 0.1) is 12.2 Å². The fourth-order valence-corrected chi connectivity index (χ4v) is 3.02. The highest BCUT2D eigenvalue weighted by molar-refractivity contribution is 5.92. The average molecular weight is 340 g/mol. The molecule has 2 atom stereocenters. The quantitative estimate of drug-likeness (QED) is 0.925. The molecule has 0 bridgehead atoms. The third-order valence-corrected chi connectivity index (χ3v) is 4.13. The molecule has 0 aliphatic carbocycles. The lowest BCUT2D eigenvalue weighted by Crippen LogP contribution is -2.45. The maximum Gasteiger partial charge on any atom is 0.270 e. The standard InChI is InChI=1S/C19H24N4O2/c1-13-5-4-6-17(22-13)19(24)21-10-16-7-8-18(20-9-16)23-11-14(2)25-15(3)12-23/h4-9,14-15H,10-12H2,1-3H3,(H,21,24)/t14-,15-/m0/s1. The van der Waals surface area contributed by atoms with Gasteiger partial charge in [0.25, 0.3) is 5.91 Å². The highest BCUT2D eigenvalue weighted by Gasteiger charge is 2.22. The summed E-state index contributed by atoms with van der Waals surface area (Å²) in [6.45, 7) is 8.13. The molecule has 1 fully saturated rings. The molecule has 0 aromatic carbocycles. The van der Waals surface area contributed by atoms with Crippen LogP contribution in [0.25, 0.3) is 0 Å². The SMILES string of the molecule is Cc1cccc(C(=O)NCc2ccc(N3C[C@H](C)O[C@@H](C)C3)nc2)n1. The molecule has 3 heterocycles. The lowest BCUT2D eigenvalue weighted by molar-refractivity contribution is -0.00546. The Morgan fingerprint density at radius 1 is 1.24 bits per heavy atom. The predicted octanol–water partition coefficient (Wildman–Crippen LogP) is 2.33. The van der Waals surface area contributed by atoms with Gasteiger partial charge in [-0.25, -0.2) is 9.97 Å². The van der Waals surface area contributed by atoms with Crippen LogP contribution in [0.4, 0.5) is 5.82 Å². The molecule has 1 aliphatic rings. The third-order valence-electron chi connectivity index (χ3n) is 4.13. The number of rotatable bonds is 4. The third kappa shape index (κ3) is 4.54. The Bertz CT molecular complexity index is 722. The second-order valence-corrected chi connectivity index (χ2v) is 6.53. The van der Waals surface area contributed by atoms with Crippen molar-refractivity contribution in [3.8, 4) is 0 Å². The van der Waals surface area contributed by atoms with Crippen LogP contribution < -0.4 is 10.2 Å². The van der Waals surface area contributed by atoms with Gasteiger partial charge in [-0.1, -0.05) is 12.1 Å². The Kier molecular flexibility index (Phi) is 5.28. The van der Waals surface area contributed by atoms with Gasteiger partial charge in [0.2, 0.25) is 0 Å². The van der Waals surface area contributed by atoms with Crippen molar-refractivity contribution in [2.45, 2.75) is 39.5 Å². The zero-order valence-corrected chi connectivity index (χ0v) is 14.9. The van der Waals surface area contributed by atoms with E-state index in [-0.39, 0.29) is 18.1 Å². The van der Waals surface area contributed by atoms with Gasteiger partial charge < -0.3 is 15.0 Å². The number of hydrogen-bond donors (Lipinski definition) is 1. The van der Waals surface area contributed by atoms with E-state index in [1.807, 2.05) is 37.4 Å². The second kappa shape index (κ2) is 7.61. The van der Waals surface area contributed by atoms with E-state index in [1.165, 1.54) is 0 Å². The van der Waals surface area contributed by atoms with Crippen LogP contribution in [0.15, 0.2) is 36.5 Å². The van der Waals surface area contributed by atoms with Crippen molar-refractivity contribution >= 4 is 11.7 Å². The van der Waals surface area contributed by atoms with E-state index in [1.54, 1.807) is 6.07 Å². The zero-order chi connectivity index (χ0) is 17.8. The number of amides is 1. The minimum Gasteiger partial charge on any atom is -0.372 e. The Morgan fingerprint density at radius 3 is 2.64 bits per heavy atom. The fraction of sp³-hybridized carbons (Fsp3) is 0.421. The van der Waals surface area contributed by atoms with E-state index < -0.39 is 0 Å². The van der Waals surface area contributed by atoms with Crippen LogP contribution in [0.2, 0.25) is 0 Å². The summed E-state index contributed by atoms with van der Waals surface area (Å²) < 4.78 is 5.75. The van der Waals surface area contributed by atoms with Crippen LogP contribution in [0.5, 0.6) is 0 Å². The van der Waals surface area contributed by atoms with Gasteiger partial charge >= 0.3 is 0 Å². The predicted molar refractivity (Wildman–Crippen MR) is 96.6 cm³/mol. The summed E-state index contributed by atoms with van der Waals surface area (Å²) in [6.07, 6.45) is 2.21. The number of carbonyl (C=O) groups excluding carboxylic acids is 1. The van der Waals surface area contributed by atoms with E-state index >= 15 is 0 Å². The van der Waals surface area contributed by atoms with Gasteiger partial charge in [-0.05, 0) is 44.5 Å². The van der Waals surface area contributed by atoms with Gasteiger partial charge in [0.1, 0.15) is 11.5 Å². The molecule has 2 aromatic rings. The Hall–Kier alpha value is -2.47. The molecular weight excluding hydrogens is 316 g/mol. The summed E-state index contributed by atoms with van der Waals surface area (Å²) in [5, 5.41) is 2.88. The smallest absolute Gasteiger partial charge is 0.270 e. The fourth-order valence-electron chi connectivity index (χ4n) is 3.02. The molecule has 6 heteroatoms. The van der Waals surface area contributed by atoms with Crippen LogP contribution in [0.3, 0.4) is 0 Å². The van der Waals surface area contributed by atoms with Gasteiger partial charge in [0, 0.05) is 31.5 Å². The molecule has 0 unspecified atom stereocenters. The van der Waals surface area contributed by atoms with Crippen molar-refractivity contribution in [2.24, 2.45) is 0 Å². The molecule has 1 saturated heterocycles. The number of nitrogens with one attached hydrogen (secondary N) is 1. The number of anilines is 1. The van der Waals surface area contributed by atoms with Gasteiger partial charge in [0.15, 0.2) is 0 Å². The molecule has 132 valence electrons. The van der Waals surface area contributed by atoms with Crippen LogP contribution in [-0.4, -0.2) is 41.2 Å². The minimum atomic E-state index is -0.177. The van der Waals surface area contributed by atoms with Crippen LogP contribution in [-0.2, 0) is 11.3 Å². The van der Waals surface area contributed by atoms with E-state index in [0.29, 0.717) is 12.2 Å². The highest BCUT2D eigenvalue weighted by Crippen LogP contribution is 2.18. The Balaban J connectivity index is 1.58. The van der Waals surface area contributed by atoms with Gasteiger partial charge in [-0.2, -0.15) is 0 Å². The topological polar surface area (TPSA) is 67.4 Å². The molecule has 0 saturated carbocycles. The van der Waals surface area contributed by atoms with E-state index in [2.05, 4.69) is 34.0 Å². The van der Waals surface area contributed by atoms with Crippen molar-refractivity contribution in [3.63, 3.8) is 0 Å². The first-order valence-electron chi connectivity index (χ1n) is 8.58. The molecule has 1 aliphatic heterocycles. The Morgan fingerprint density at radius 2 is 2.00 bits per heavy atom. The normalized spacial score (nSPS) is 20.4. The van der Waals surface area contributed by atoms with Crippen molar-refractivity contribution in [2.75, 3.05) is 18.0 Å². The molecule has 3 rings (SSSR count). The number of aromatic nitrogens is 2. The van der Waals surface area contributed by atoms with Crippen molar-refractivity contribution < 1.29 is 9.53 Å². The van der Waals surface area contributed by atoms with Gasteiger partial charge in [-0.15, -0.1) is 0 Å². The monoisotopic (exact) mass is 340 g/mol. The first-order chi connectivity index (χ1) is 12.0. The van der Waals surface area contributed by atoms with Crippen LogP contribution in [0, 0.1) is 6.92 Å². The lowest BCUT2D eigenvalue weighted by atomic mass is 10.2. The summed E-state index contributed by atoms with van der Waals surface area (Å²) in [6, 6.07) is 9.41. The zero-order valence-electron chi connectivity index (χ0n) is 14.9. The number of nitrogens with zero attached hydrogens (tertiary/aromatic N) is 3. The van der Waals surface area contributed by atoms with Crippen molar-refractivity contribution in [1.82, 2.24) is 15.3 Å². The number of carbonyl (C=O) groups is 1. The highest BCUT2D eigenvalue weighted by atomic mass is 16.5. The number of morpholine rings is 1. The minimum absolute atomic E-state index is 0.177. The van der Waals surface area contributed by atoms with E-state index in [0.717, 1.165) is 30.2 Å². The van der Waals surface area contributed by atoms with Crippen molar-refractivity contribution in [1.29, 1.82) is 0 Å². The summed E-state index contributed by atoms with van der Waals surface area (Å²) in [5.41, 5.74) is 2.22. The first kappa shape index (κ1) is 17.4. The molecule has 0 radical (unpaired) electrons. The maximum atomic E-state index is 12.1. The Labute approximate surface area is 148 Å². The number of ether oxygens (including phenoxy) is 1. The average Bonchev–Trinajstić information content (AvgIpc) is 2.59. The molecule has 25 heavy (non-hydrogen) atoms. The number of hydrogen-bond acceptors (Lipinski definition) is 5. The summed E-state index contributed by atoms with van der Waals surface area (Å²) >= 11 is 0. The summed E-state index contributed by atoms with van der Waals surface area (Å²) in [7, 11) is 0. The molecule has 2 aromatic heterocycles. The molecule has 1 amide bonds.